The number of amides is 1. The van der Waals surface area contributed by atoms with E-state index in [0.29, 0.717) is 22.2 Å². The predicted octanol–water partition coefficient (Wildman–Crippen LogP) is 3.20. The molecule has 1 heterocycles. The zero-order chi connectivity index (χ0) is 15.2. The molecule has 1 unspecified atom stereocenters. The smallest absolute Gasteiger partial charge is 0.262 e. The summed E-state index contributed by atoms with van der Waals surface area (Å²) in [5.74, 6) is -0.431. The Kier molecular flexibility index (Phi) is 5.63. The largest absolute Gasteiger partial charge is 0.376 e. The summed E-state index contributed by atoms with van der Waals surface area (Å²) in [6.45, 7) is 1.13. The fourth-order valence-electron chi connectivity index (χ4n) is 2.03. The Morgan fingerprint density at radius 3 is 2.95 bits per heavy atom. The molecule has 1 aromatic carbocycles. The molecule has 0 aromatic heterocycles. The summed E-state index contributed by atoms with van der Waals surface area (Å²) in [7, 11) is 0. The van der Waals surface area contributed by atoms with Gasteiger partial charge in [0, 0.05) is 23.2 Å². The average molecular weight is 325 g/mol. The Balaban J connectivity index is 2.05. The molecule has 1 saturated heterocycles. The maximum Gasteiger partial charge on any atom is 0.262 e. The molecule has 1 fully saturated rings. The number of carbonyl (C=O) groups is 1. The molecule has 0 radical (unpaired) electrons. The summed E-state index contributed by atoms with van der Waals surface area (Å²) in [4.78, 5) is 12.0. The summed E-state index contributed by atoms with van der Waals surface area (Å²) >= 11 is 11.8. The summed E-state index contributed by atoms with van der Waals surface area (Å²) in [5, 5.41) is 12.7. The molecule has 1 aromatic rings. The lowest BCUT2D eigenvalue weighted by molar-refractivity contribution is -0.117. The SMILES string of the molecule is N#C/C(=C\c1ccc(Cl)cc1Cl)C(=O)NCC1CCCO1. The van der Waals surface area contributed by atoms with Gasteiger partial charge in [-0.05, 0) is 36.6 Å². The number of nitriles is 1. The van der Waals surface area contributed by atoms with E-state index in [2.05, 4.69) is 5.32 Å². The van der Waals surface area contributed by atoms with Crippen LogP contribution >= 0.6 is 23.2 Å². The zero-order valence-electron chi connectivity index (χ0n) is 11.2. The third-order valence-corrected chi connectivity index (χ3v) is 3.70. The maximum absolute atomic E-state index is 12.0. The molecule has 0 bridgehead atoms. The summed E-state index contributed by atoms with van der Waals surface area (Å²) < 4.78 is 5.41. The highest BCUT2D eigenvalue weighted by atomic mass is 35.5. The molecule has 1 atom stereocenters. The molecule has 0 aliphatic carbocycles. The molecule has 0 saturated carbocycles. The van der Waals surface area contributed by atoms with E-state index in [-0.39, 0.29) is 11.7 Å². The second kappa shape index (κ2) is 7.46. The highest BCUT2D eigenvalue weighted by Crippen LogP contribution is 2.23. The van der Waals surface area contributed by atoms with Crippen molar-refractivity contribution in [3.8, 4) is 6.07 Å². The minimum Gasteiger partial charge on any atom is -0.376 e. The summed E-state index contributed by atoms with van der Waals surface area (Å²) in [6.07, 6.45) is 3.41. The molecule has 1 aliphatic rings. The molecule has 21 heavy (non-hydrogen) atoms. The highest BCUT2D eigenvalue weighted by Gasteiger charge is 2.17. The first kappa shape index (κ1) is 15.8. The van der Waals surface area contributed by atoms with Gasteiger partial charge in [-0.2, -0.15) is 5.26 Å². The Morgan fingerprint density at radius 2 is 2.33 bits per heavy atom. The fourth-order valence-corrected chi connectivity index (χ4v) is 2.49. The standard InChI is InChI=1S/C15H14Cl2N2O2/c16-12-4-3-10(14(17)7-12)6-11(8-18)15(20)19-9-13-2-1-5-21-13/h3-4,6-7,13H,1-2,5,9H2,(H,19,20)/b11-6+. The van der Waals surface area contributed by atoms with Gasteiger partial charge in [-0.1, -0.05) is 29.3 Å². The molecule has 1 N–H and O–H groups in total. The van der Waals surface area contributed by atoms with Gasteiger partial charge in [0.25, 0.3) is 5.91 Å². The van der Waals surface area contributed by atoms with Crippen LogP contribution in [-0.2, 0) is 9.53 Å². The van der Waals surface area contributed by atoms with Crippen molar-refractivity contribution < 1.29 is 9.53 Å². The van der Waals surface area contributed by atoms with Crippen LogP contribution in [0.25, 0.3) is 6.08 Å². The summed E-state index contributed by atoms with van der Waals surface area (Å²) in [5.41, 5.74) is 0.571. The topological polar surface area (TPSA) is 62.1 Å². The Labute approximate surface area is 133 Å². The normalized spacial score (nSPS) is 18.3. The van der Waals surface area contributed by atoms with Crippen LogP contribution in [0.15, 0.2) is 23.8 Å². The van der Waals surface area contributed by atoms with Crippen LogP contribution in [0.4, 0.5) is 0 Å². The van der Waals surface area contributed by atoms with Crippen LogP contribution in [-0.4, -0.2) is 25.2 Å². The van der Waals surface area contributed by atoms with Crippen LogP contribution in [0.3, 0.4) is 0 Å². The van der Waals surface area contributed by atoms with Crippen molar-refractivity contribution >= 4 is 35.2 Å². The Morgan fingerprint density at radius 1 is 1.52 bits per heavy atom. The van der Waals surface area contributed by atoms with Gasteiger partial charge in [0.2, 0.25) is 0 Å². The van der Waals surface area contributed by atoms with Crippen LogP contribution in [0.5, 0.6) is 0 Å². The summed E-state index contributed by atoms with van der Waals surface area (Å²) in [6, 6.07) is 6.76. The second-order valence-electron chi connectivity index (χ2n) is 4.68. The lowest BCUT2D eigenvalue weighted by Crippen LogP contribution is -2.32. The zero-order valence-corrected chi connectivity index (χ0v) is 12.7. The van der Waals surface area contributed by atoms with Gasteiger partial charge >= 0.3 is 0 Å². The van der Waals surface area contributed by atoms with Crippen molar-refractivity contribution in [3.63, 3.8) is 0 Å². The number of hydrogen-bond donors (Lipinski definition) is 1. The van der Waals surface area contributed by atoms with Gasteiger partial charge in [0.05, 0.1) is 6.10 Å². The number of rotatable bonds is 4. The van der Waals surface area contributed by atoms with Gasteiger partial charge in [-0.25, -0.2) is 0 Å². The van der Waals surface area contributed by atoms with Crippen LogP contribution < -0.4 is 5.32 Å². The van der Waals surface area contributed by atoms with Crippen LogP contribution in [0.2, 0.25) is 10.0 Å². The minimum atomic E-state index is -0.431. The molecule has 6 heteroatoms. The van der Waals surface area contributed by atoms with Crippen molar-refractivity contribution in [1.82, 2.24) is 5.32 Å². The quantitative estimate of drug-likeness (QED) is 0.683. The van der Waals surface area contributed by atoms with E-state index < -0.39 is 5.91 Å². The average Bonchev–Trinajstić information content (AvgIpc) is 2.97. The predicted molar refractivity (Wildman–Crippen MR) is 82.0 cm³/mol. The van der Waals surface area contributed by atoms with Gasteiger partial charge in [0.1, 0.15) is 11.6 Å². The number of hydrogen-bond acceptors (Lipinski definition) is 3. The molecule has 2 rings (SSSR count). The van der Waals surface area contributed by atoms with Gasteiger partial charge in [-0.15, -0.1) is 0 Å². The van der Waals surface area contributed by atoms with Crippen molar-refractivity contribution in [2.45, 2.75) is 18.9 Å². The van der Waals surface area contributed by atoms with E-state index in [1.807, 2.05) is 6.07 Å². The van der Waals surface area contributed by atoms with Gasteiger partial charge in [0.15, 0.2) is 0 Å². The fraction of sp³-hybridized carbons (Fsp3) is 0.333. The van der Waals surface area contributed by atoms with E-state index in [1.54, 1.807) is 18.2 Å². The first-order valence-corrected chi connectivity index (χ1v) is 7.32. The van der Waals surface area contributed by atoms with Crippen molar-refractivity contribution in [2.24, 2.45) is 0 Å². The number of nitrogens with zero attached hydrogens (tertiary/aromatic N) is 1. The highest BCUT2D eigenvalue weighted by molar-refractivity contribution is 6.35. The van der Waals surface area contributed by atoms with Crippen LogP contribution in [0.1, 0.15) is 18.4 Å². The van der Waals surface area contributed by atoms with Gasteiger partial charge in [-0.3, -0.25) is 4.79 Å². The Hall–Kier alpha value is -1.54. The number of benzene rings is 1. The molecule has 1 aliphatic heterocycles. The molecule has 1 amide bonds. The monoisotopic (exact) mass is 324 g/mol. The molecule has 110 valence electrons. The molecule has 0 spiro atoms. The first-order valence-electron chi connectivity index (χ1n) is 6.57. The lowest BCUT2D eigenvalue weighted by Gasteiger charge is -2.10. The van der Waals surface area contributed by atoms with E-state index >= 15 is 0 Å². The lowest BCUT2D eigenvalue weighted by atomic mass is 10.1. The third kappa shape index (κ3) is 4.47. The van der Waals surface area contributed by atoms with E-state index in [1.165, 1.54) is 6.08 Å². The Bertz CT molecular complexity index is 602. The van der Waals surface area contributed by atoms with Crippen molar-refractivity contribution in [1.29, 1.82) is 5.26 Å². The minimum absolute atomic E-state index is 0.00257. The number of nitrogens with one attached hydrogen (secondary N) is 1. The molecular formula is C15H14Cl2N2O2. The number of halogens is 2. The van der Waals surface area contributed by atoms with Crippen molar-refractivity contribution in [2.75, 3.05) is 13.2 Å². The number of carbonyl (C=O) groups excluding carboxylic acids is 1. The number of ether oxygens (including phenoxy) is 1. The maximum atomic E-state index is 12.0. The van der Waals surface area contributed by atoms with Crippen molar-refractivity contribution in [3.05, 3.63) is 39.4 Å². The van der Waals surface area contributed by atoms with E-state index in [4.69, 9.17) is 33.2 Å². The second-order valence-corrected chi connectivity index (χ2v) is 5.52. The van der Waals surface area contributed by atoms with E-state index in [0.717, 1.165) is 19.4 Å². The van der Waals surface area contributed by atoms with Gasteiger partial charge < -0.3 is 10.1 Å². The van der Waals surface area contributed by atoms with Crippen LogP contribution in [0, 0.1) is 11.3 Å². The first-order chi connectivity index (χ1) is 10.1. The van der Waals surface area contributed by atoms with E-state index in [9.17, 15) is 4.79 Å². The third-order valence-electron chi connectivity index (χ3n) is 3.14. The molecular weight excluding hydrogens is 311 g/mol. The molecule has 4 nitrogen and oxygen atoms in total.